The van der Waals surface area contributed by atoms with Gasteiger partial charge in [-0.15, -0.1) is 0 Å². The molecule has 1 aliphatic rings. The third-order valence-electron chi connectivity index (χ3n) is 5.33. The predicted octanol–water partition coefficient (Wildman–Crippen LogP) is 3.69. The van der Waals surface area contributed by atoms with Gasteiger partial charge < -0.3 is 10.0 Å². The highest BCUT2D eigenvalue weighted by atomic mass is 32.2. The fraction of sp³-hybridized carbons (Fsp3) is 0.217. The first-order chi connectivity index (χ1) is 14.4. The number of nitrogens with zero attached hydrogens (tertiary/aromatic N) is 2. The van der Waals surface area contributed by atoms with Gasteiger partial charge in [-0.05, 0) is 53.5 Å². The van der Waals surface area contributed by atoms with E-state index in [0.717, 1.165) is 40.1 Å². The molecule has 0 amide bonds. The van der Waals surface area contributed by atoms with E-state index in [2.05, 4.69) is 6.92 Å². The van der Waals surface area contributed by atoms with Crippen molar-refractivity contribution in [1.82, 2.24) is 4.98 Å². The molecule has 6 nitrogen and oxygen atoms in total. The lowest BCUT2D eigenvalue weighted by Gasteiger charge is -2.22. The third kappa shape index (κ3) is 3.93. The molecule has 0 saturated heterocycles. The van der Waals surface area contributed by atoms with Crippen LogP contribution < -0.4 is 4.90 Å². The summed E-state index contributed by atoms with van der Waals surface area (Å²) in [5, 5.41) is 9.96. The number of aromatic nitrogens is 1. The normalized spacial score (nSPS) is 15.8. The van der Waals surface area contributed by atoms with E-state index < -0.39 is 15.8 Å². The second-order valence-corrected chi connectivity index (χ2v) is 9.37. The highest BCUT2D eigenvalue weighted by Gasteiger charge is 2.26. The molecule has 1 aromatic heterocycles. The summed E-state index contributed by atoms with van der Waals surface area (Å²) >= 11 is 0. The van der Waals surface area contributed by atoms with Gasteiger partial charge in [0.1, 0.15) is 5.82 Å². The average molecular weight is 423 g/mol. The Morgan fingerprint density at radius 1 is 1.20 bits per heavy atom. The Morgan fingerprint density at radius 2 is 2.00 bits per heavy atom. The van der Waals surface area contributed by atoms with Gasteiger partial charge >= 0.3 is 5.97 Å². The summed E-state index contributed by atoms with van der Waals surface area (Å²) < 4.78 is 25.3. The van der Waals surface area contributed by atoms with E-state index in [1.807, 2.05) is 41.3 Å². The van der Waals surface area contributed by atoms with Crippen molar-refractivity contribution in [1.29, 1.82) is 0 Å². The van der Waals surface area contributed by atoms with Crippen LogP contribution in [0.2, 0.25) is 0 Å². The standard InChI is InChI=1S/C23H22N2O4S/c1-2-16-7-9-20-19(13-16)17(8-10-23(26)27)14-22(24-20)25-11-12-30(28,29)21-6-4-3-5-18(21)15-25/h3-10,13-14H,2,11-12,15H2,1H3,(H,26,27)/b10-8+. The molecule has 1 aliphatic heterocycles. The molecule has 7 heteroatoms. The van der Waals surface area contributed by atoms with Crippen LogP contribution in [-0.4, -0.2) is 36.8 Å². The number of carboxylic acids is 1. The number of benzene rings is 2. The van der Waals surface area contributed by atoms with Gasteiger partial charge in [0.25, 0.3) is 0 Å². The second-order valence-electron chi connectivity index (χ2n) is 7.29. The maximum absolute atomic E-state index is 12.7. The molecule has 0 radical (unpaired) electrons. The smallest absolute Gasteiger partial charge is 0.328 e. The number of carboxylic acid groups (broad SMARTS) is 1. The summed E-state index contributed by atoms with van der Waals surface area (Å²) in [6, 6.07) is 14.8. The topological polar surface area (TPSA) is 87.6 Å². The number of fused-ring (bicyclic) bond motifs is 2. The number of carbonyl (C=O) groups is 1. The highest BCUT2D eigenvalue weighted by molar-refractivity contribution is 7.91. The molecule has 0 unspecified atom stereocenters. The van der Waals surface area contributed by atoms with Crippen LogP contribution in [0.3, 0.4) is 0 Å². The zero-order chi connectivity index (χ0) is 21.3. The van der Waals surface area contributed by atoms with Gasteiger partial charge in [-0.1, -0.05) is 31.2 Å². The number of hydrogen-bond acceptors (Lipinski definition) is 5. The van der Waals surface area contributed by atoms with Crippen molar-refractivity contribution >= 4 is 38.6 Å². The summed E-state index contributed by atoms with van der Waals surface area (Å²) in [5.74, 6) is -0.398. The van der Waals surface area contributed by atoms with Crippen molar-refractivity contribution in [2.24, 2.45) is 0 Å². The fourth-order valence-corrected chi connectivity index (χ4v) is 5.22. The Balaban J connectivity index is 1.84. The van der Waals surface area contributed by atoms with Crippen molar-refractivity contribution in [2.45, 2.75) is 24.8 Å². The first-order valence-electron chi connectivity index (χ1n) is 9.77. The molecule has 2 aromatic carbocycles. The van der Waals surface area contributed by atoms with Gasteiger partial charge in [-0.25, -0.2) is 18.2 Å². The van der Waals surface area contributed by atoms with Gasteiger partial charge in [0.15, 0.2) is 9.84 Å². The molecule has 0 saturated carbocycles. The molecule has 1 N–H and O–H groups in total. The minimum absolute atomic E-state index is 0.00119. The van der Waals surface area contributed by atoms with Crippen LogP contribution in [0.5, 0.6) is 0 Å². The van der Waals surface area contributed by atoms with Gasteiger partial charge in [0, 0.05) is 24.6 Å². The Bertz CT molecular complexity index is 1270. The number of sulfone groups is 1. The number of hydrogen-bond donors (Lipinski definition) is 1. The average Bonchev–Trinajstić information content (AvgIpc) is 2.87. The lowest BCUT2D eigenvalue weighted by atomic mass is 10.0. The number of anilines is 1. The molecule has 154 valence electrons. The monoisotopic (exact) mass is 422 g/mol. The van der Waals surface area contributed by atoms with Crippen molar-refractivity contribution in [3.63, 3.8) is 0 Å². The lowest BCUT2D eigenvalue weighted by molar-refractivity contribution is -0.131. The lowest BCUT2D eigenvalue weighted by Crippen LogP contribution is -2.26. The Hall–Kier alpha value is -3.19. The van der Waals surface area contributed by atoms with Crippen molar-refractivity contribution in [2.75, 3.05) is 17.2 Å². The molecule has 0 fully saturated rings. The van der Waals surface area contributed by atoms with Gasteiger partial charge in [0.05, 0.1) is 16.2 Å². The first-order valence-corrected chi connectivity index (χ1v) is 11.4. The van der Waals surface area contributed by atoms with Crippen LogP contribution in [0.15, 0.2) is 59.5 Å². The predicted molar refractivity (Wildman–Crippen MR) is 117 cm³/mol. The van der Waals surface area contributed by atoms with E-state index in [1.54, 1.807) is 18.2 Å². The van der Waals surface area contributed by atoms with E-state index in [-0.39, 0.29) is 5.75 Å². The molecule has 0 bridgehead atoms. The quantitative estimate of drug-likeness (QED) is 0.645. The zero-order valence-corrected chi connectivity index (χ0v) is 17.4. The molecule has 0 atom stereocenters. The summed E-state index contributed by atoms with van der Waals surface area (Å²) in [5.41, 5.74) is 3.36. The zero-order valence-electron chi connectivity index (χ0n) is 16.6. The minimum atomic E-state index is -3.36. The van der Waals surface area contributed by atoms with Crippen LogP contribution in [0.4, 0.5) is 5.82 Å². The van der Waals surface area contributed by atoms with Gasteiger partial charge in [-0.3, -0.25) is 0 Å². The second kappa shape index (κ2) is 7.91. The van der Waals surface area contributed by atoms with Crippen molar-refractivity contribution < 1.29 is 18.3 Å². The van der Waals surface area contributed by atoms with Crippen LogP contribution in [0, 0.1) is 0 Å². The molecule has 3 aromatic rings. The van der Waals surface area contributed by atoms with Crippen molar-refractivity contribution in [3.05, 3.63) is 71.3 Å². The Kier molecular flexibility index (Phi) is 5.30. The number of pyridine rings is 1. The molecule has 2 heterocycles. The highest BCUT2D eigenvalue weighted by Crippen LogP contribution is 2.29. The van der Waals surface area contributed by atoms with E-state index >= 15 is 0 Å². The van der Waals surface area contributed by atoms with E-state index in [4.69, 9.17) is 10.1 Å². The molecular weight excluding hydrogens is 400 g/mol. The summed E-state index contributed by atoms with van der Waals surface area (Å²) in [6.07, 6.45) is 3.54. The summed E-state index contributed by atoms with van der Waals surface area (Å²) in [4.78, 5) is 18.2. The largest absolute Gasteiger partial charge is 0.478 e. The maximum atomic E-state index is 12.7. The van der Waals surface area contributed by atoms with Gasteiger partial charge in [-0.2, -0.15) is 0 Å². The summed E-state index contributed by atoms with van der Waals surface area (Å²) in [7, 11) is -3.36. The van der Waals surface area contributed by atoms with E-state index in [0.29, 0.717) is 23.8 Å². The Morgan fingerprint density at radius 3 is 2.77 bits per heavy atom. The van der Waals surface area contributed by atoms with Crippen molar-refractivity contribution in [3.8, 4) is 0 Å². The maximum Gasteiger partial charge on any atom is 0.328 e. The molecule has 0 spiro atoms. The Labute approximate surface area is 175 Å². The molecular formula is C23H22N2O4S. The van der Waals surface area contributed by atoms with Crippen LogP contribution >= 0.6 is 0 Å². The molecule has 0 aliphatic carbocycles. The fourth-order valence-electron chi connectivity index (χ4n) is 3.72. The number of rotatable bonds is 4. The minimum Gasteiger partial charge on any atom is -0.478 e. The first kappa shape index (κ1) is 20.1. The number of aliphatic carboxylic acids is 1. The number of aryl methyl sites for hydroxylation is 1. The third-order valence-corrected chi connectivity index (χ3v) is 7.12. The SMILES string of the molecule is CCc1ccc2nc(N3CCS(=O)(=O)c4ccccc4C3)cc(/C=C/C(=O)O)c2c1. The molecule has 4 rings (SSSR count). The van der Waals surface area contributed by atoms with E-state index in [9.17, 15) is 13.2 Å². The molecule has 30 heavy (non-hydrogen) atoms. The van der Waals surface area contributed by atoms with Crippen LogP contribution in [0.1, 0.15) is 23.6 Å². The van der Waals surface area contributed by atoms with Crippen LogP contribution in [0.25, 0.3) is 17.0 Å². The van der Waals surface area contributed by atoms with E-state index in [1.165, 1.54) is 0 Å². The van der Waals surface area contributed by atoms with Crippen LogP contribution in [-0.2, 0) is 27.6 Å². The summed E-state index contributed by atoms with van der Waals surface area (Å²) in [6.45, 7) is 2.79. The van der Waals surface area contributed by atoms with Gasteiger partial charge in [0.2, 0.25) is 0 Å².